The Bertz CT molecular complexity index is 530. The summed E-state index contributed by atoms with van der Waals surface area (Å²) in [6.07, 6.45) is 0.981. The largest absolute Gasteiger partial charge is 0.259 e. The third kappa shape index (κ3) is 2.20. The van der Waals surface area contributed by atoms with Gasteiger partial charge in [0.2, 0.25) is 0 Å². The summed E-state index contributed by atoms with van der Waals surface area (Å²) < 4.78 is 2.16. The summed E-state index contributed by atoms with van der Waals surface area (Å²) in [5, 5.41) is 4.79. The lowest BCUT2D eigenvalue weighted by Gasteiger charge is -2.23. The second-order valence-corrected chi connectivity index (χ2v) is 5.72. The molecule has 2 nitrogen and oxygen atoms in total. The van der Waals surface area contributed by atoms with Crippen LogP contribution in [0.3, 0.4) is 0 Å². The Morgan fingerprint density at radius 2 is 1.72 bits per heavy atom. The Hall–Kier alpha value is -1.57. The Morgan fingerprint density at radius 1 is 1.11 bits per heavy atom. The molecule has 1 aromatic carbocycles. The fourth-order valence-electron chi connectivity index (χ4n) is 2.30. The second kappa shape index (κ2) is 4.60. The first-order valence-electron chi connectivity index (χ1n) is 6.59. The maximum absolute atomic E-state index is 4.79. The summed E-state index contributed by atoms with van der Waals surface area (Å²) in [6, 6.07) is 10.5. The summed E-state index contributed by atoms with van der Waals surface area (Å²) in [7, 11) is 0. The van der Waals surface area contributed by atoms with Gasteiger partial charge in [-0.2, -0.15) is 5.10 Å². The molecule has 0 radical (unpaired) electrons. The quantitative estimate of drug-likeness (QED) is 0.772. The van der Waals surface area contributed by atoms with Crippen molar-refractivity contribution in [2.24, 2.45) is 0 Å². The number of hydrogen-bond donors (Lipinski definition) is 0. The maximum Gasteiger partial charge on any atom is 0.0720 e. The molecule has 0 amide bonds. The molecule has 2 aromatic rings. The van der Waals surface area contributed by atoms with Gasteiger partial charge >= 0.3 is 0 Å². The van der Waals surface area contributed by atoms with Gasteiger partial charge in [0.15, 0.2) is 0 Å². The van der Waals surface area contributed by atoms with Gasteiger partial charge in [-0.05, 0) is 39.7 Å². The molecule has 0 N–H and O–H groups in total. The van der Waals surface area contributed by atoms with Crippen molar-refractivity contribution >= 4 is 0 Å². The topological polar surface area (TPSA) is 17.8 Å². The molecule has 1 aromatic heterocycles. The predicted molar refractivity (Wildman–Crippen MR) is 76.8 cm³/mol. The Balaban J connectivity index is 2.69. The zero-order valence-corrected chi connectivity index (χ0v) is 12.0. The number of nitrogens with zero attached hydrogens (tertiary/aromatic N) is 2. The van der Waals surface area contributed by atoms with Crippen LogP contribution in [0, 0.1) is 6.92 Å². The minimum absolute atomic E-state index is 0.00333. The van der Waals surface area contributed by atoms with E-state index in [0.29, 0.717) is 0 Å². The molecule has 0 spiro atoms. The van der Waals surface area contributed by atoms with Crippen LogP contribution in [-0.4, -0.2) is 9.78 Å². The van der Waals surface area contributed by atoms with E-state index in [1.807, 2.05) is 0 Å². The van der Waals surface area contributed by atoms with Gasteiger partial charge in [-0.1, -0.05) is 37.3 Å². The number of hydrogen-bond acceptors (Lipinski definition) is 1. The molecular formula is C16H22N2. The molecule has 2 rings (SSSR count). The first kappa shape index (κ1) is 12.9. The highest BCUT2D eigenvalue weighted by molar-refractivity contribution is 5.64. The molecule has 2 heteroatoms. The van der Waals surface area contributed by atoms with Crippen molar-refractivity contribution < 1.29 is 0 Å². The van der Waals surface area contributed by atoms with Crippen molar-refractivity contribution in [1.29, 1.82) is 0 Å². The van der Waals surface area contributed by atoms with E-state index in [1.54, 1.807) is 0 Å². The molecule has 0 atom stereocenters. The van der Waals surface area contributed by atoms with Crippen LogP contribution in [0.15, 0.2) is 30.3 Å². The van der Waals surface area contributed by atoms with Crippen LogP contribution in [-0.2, 0) is 12.0 Å². The van der Waals surface area contributed by atoms with Gasteiger partial charge in [0.05, 0.1) is 16.9 Å². The maximum atomic E-state index is 4.79. The molecule has 0 fully saturated rings. The highest BCUT2D eigenvalue weighted by Gasteiger charge is 2.22. The number of aromatic nitrogens is 2. The summed E-state index contributed by atoms with van der Waals surface area (Å²) in [4.78, 5) is 0. The predicted octanol–water partition coefficient (Wildman–Crippen LogP) is 4.18. The molecule has 0 aliphatic carbocycles. The van der Waals surface area contributed by atoms with E-state index < -0.39 is 0 Å². The lowest BCUT2D eigenvalue weighted by molar-refractivity contribution is 0.358. The minimum atomic E-state index is 0.00333. The van der Waals surface area contributed by atoms with Crippen LogP contribution in [0.1, 0.15) is 39.0 Å². The lowest BCUT2D eigenvalue weighted by Crippen LogP contribution is -2.24. The summed E-state index contributed by atoms with van der Waals surface area (Å²) in [6.45, 7) is 10.9. The molecule has 0 saturated heterocycles. The van der Waals surface area contributed by atoms with Gasteiger partial charge < -0.3 is 0 Å². The van der Waals surface area contributed by atoms with Crippen molar-refractivity contribution in [3.63, 3.8) is 0 Å². The van der Waals surface area contributed by atoms with Crippen LogP contribution in [0.4, 0.5) is 0 Å². The normalized spacial score (nSPS) is 11.8. The van der Waals surface area contributed by atoms with Gasteiger partial charge in [-0.25, -0.2) is 0 Å². The average molecular weight is 242 g/mol. The third-order valence-electron chi connectivity index (χ3n) is 3.24. The minimum Gasteiger partial charge on any atom is -0.259 e. The SMILES string of the molecule is CCc1nn(C(C)(C)C)c(-c2ccccc2)c1C. The molecular weight excluding hydrogens is 220 g/mol. The van der Waals surface area contributed by atoms with E-state index in [2.05, 4.69) is 69.6 Å². The molecule has 0 aliphatic heterocycles. The monoisotopic (exact) mass is 242 g/mol. The van der Waals surface area contributed by atoms with Crippen molar-refractivity contribution in [2.75, 3.05) is 0 Å². The summed E-state index contributed by atoms with van der Waals surface area (Å²) in [5.41, 5.74) is 5.00. The molecule has 1 heterocycles. The van der Waals surface area contributed by atoms with Crippen molar-refractivity contribution in [3.8, 4) is 11.3 Å². The van der Waals surface area contributed by atoms with Gasteiger partial charge in [-0.15, -0.1) is 0 Å². The van der Waals surface area contributed by atoms with Crippen molar-refractivity contribution in [1.82, 2.24) is 9.78 Å². The summed E-state index contributed by atoms with van der Waals surface area (Å²) >= 11 is 0. The van der Waals surface area contributed by atoms with Crippen molar-refractivity contribution in [2.45, 2.75) is 46.6 Å². The van der Waals surface area contributed by atoms with Crippen molar-refractivity contribution in [3.05, 3.63) is 41.6 Å². The zero-order valence-electron chi connectivity index (χ0n) is 12.0. The number of aryl methyl sites for hydroxylation is 1. The molecule has 0 unspecified atom stereocenters. The smallest absolute Gasteiger partial charge is 0.0720 e. The van der Waals surface area contributed by atoms with Crippen LogP contribution < -0.4 is 0 Å². The van der Waals surface area contributed by atoms with E-state index in [0.717, 1.165) is 6.42 Å². The van der Waals surface area contributed by atoms with Crippen LogP contribution >= 0.6 is 0 Å². The molecule has 0 saturated carbocycles. The van der Waals surface area contributed by atoms with Crippen LogP contribution in [0.2, 0.25) is 0 Å². The van der Waals surface area contributed by atoms with Crippen LogP contribution in [0.25, 0.3) is 11.3 Å². The van der Waals surface area contributed by atoms with Gasteiger partial charge in [-0.3, -0.25) is 4.68 Å². The fraction of sp³-hybridized carbons (Fsp3) is 0.438. The first-order chi connectivity index (χ1) is 8.45. The highest BCUT2D eigenvalue weighted by atomic mass is 15.3. The fourth-order valence-corrected chi connectivity index (χ4v) is 2.30. The lowest BCUT2D eigenvalue weighted by atomic mass is 10.0. The molecule has 0 bridgehead atoms. The van der Waals surface area contributed by atoms with E-state index in [1.165, 1.54) is 22.5 Å². The second-order valence-electron chi connectivity index (χ2n) is 5.72. The van der Waals surface area contributed by atoms with E-state index in [9.17, 15) is 0 Å². The summed E-state index contributed by atoms with van der Waals surface area (Å²) in [5.74, 6) is 0. The Morgan fingerprint density at radius 3 is 2.22 bits per heavy atom. The van der Waals surface area contributed by atoms with Gasteiger partial charge in [0.1, 0.15) is 0 Å². The van der Waals surface area contributed by atoms with E-state index in [-0.39, 0.29) is 5.54 Å². The van der Waals surface area contributed by atoms with Gasteiger partial charge in [0.25, 0.3) is 0 Å². The standard InChI is InChI=1S/C16H22N2/c1-6-14-12(2)15(13-10-8-7-9-11-13)18(17-14)16(3,4)5/h7-11H,6H2,1-5H3. The van der Waals surface area contributed by atoms with Gasteiger partial charge in [0, 0.05) is 5.56 Å². The average Bonchev–Trinajstić information content (AvgIpc) is 2.67. The third-order valence-corrected chi connectivity index (χ3v) is 3.24. The highest BCUT2D eigenvalue weighted by Crippen LogP contribution is 2.30. The first-order valence-corrected chi connectivity index (χ1v) is 6.59. The molecule has 0 aliphatic rings. The number of benzene rings is 1. The molecule has 18 heavy (non-hydrogen) atoms. The Labute approximate surface area is 110 Å². The van der Waals surface area contributed by atoms with E-state index >= 15 is 0 Å². The van der Waals surface area contributed by atoms with E-state index in [4.69, 9.17) is 5.10 Å². The van der Waals surface area contributed by atoms with Crippen LogP contribution in [0.5, 0.6) is 0 Å². The Kier molecular flexibility index (Phi) is 3.29. The molecule has 96 valence electrons. The zero-order chi connectivity index (χ0) is 13.3. The number of rotatable bonds is 2.